The number of benzene rings is 2. The highest BCUT2D eigenvalue weighted by atomic mass is 32.2. The van der Waals surface area contributed by atoms with E-state index in [9.17, 15) is 13.6 Å². The Morgan fingerprint density at radius 2 is 1.97 bits per heavy atom. The van der Waals surface area contributed by atoms with E-state index in [4.69, 9.17) is 9.84 Å². The Balaban J connectivity index is 1.77. The van der Waals surface area contributed by atoms with E-state index in [-0.39, 0.29) is 22.9 Å². The summed E-state index contributed by atoms with van der Waals surface area (Å²) < 4.78 is 34.1. The van der Waals surface area contributed by atoms with Gasteiger partial charge in [-0.05, 0) is 61.4 Å². The summed E-state index contributed by atoms with van der Waals surface area (Å²) in [6, 6.07) is 10.9. The largest absolute Gasteiger partial charge is 0.385 e. The first kappa shape index (κ1) is 21.5. The van der Waals surface area contributed by atoms with Gasteiger partial charge in [0.2, 0.25) is 5.91 Å². The fourth-order valence-electron chi connectivity index (χ4n) is 3.64. The summed E-state index contributed by atoms with van der Waals surface area (Å²) in [7, 11) is 1.64. The lowest BCUT2D eigenvalue weighted by atomic mass is 10.1. The van der Waals surface area contributed by atoms with Crippen molar-refractivity contribution in [3.8, 4) is 16.9 Å². The van der Waals surface area contributed by atoms with Crippen molar-refractivity contribution in [2.45, 2.75) is 18.7 Å². The third-order valence-electron chi connectivity index (χ3n) is 5.25. The molecule has 1 unspecified atom stereocenters. The summed E-state index contributed by atoms with van der Waals surface area (Å²) in [5.41, 5.74) is 3.52. The predicted molar refractivity (Wildman–Crippen MR) is 117 cm³/mol. The minimum absolute atomic E-state index is 0.0709. The lowest BCUT2D eigenvalue weighted by Gasteiger charge is -2.23. The second kappa shape index (κ2) is 9.20. The van der Waals surface area contributed by atoms with Gasteiger partial charge in [0.25, 0.3) is 0 Å². The van der Waals surface area contributed by atoms with E-state index in [0.29, 0.717) is 35.8 Å². The molecule has 0 spiro atoms. The molecule has 1 atom stereocenters. The molecule has 3 aromatic rings. The molecular weight excluding hydrogens is 420 g/mol. The van der Waals surface area contributed by atoms with Crippen molar-refractivity contribution in [1.29, 1.82) is 0 Å². The van der Waals surface area contributed by atoms with Crippen LogP contribution in [0.1, 0.15) is 22.9 Å². The normalized spacial score (nSPS) is 16.3. The summed E-state index contributed by atoms with van der Waals surface area (Å²) in [6.45, 7) is 2.85. The van der Waals surface area contributed by atoms with Gasteiger partial charge in [0.05, 0.1) is 17.1 Å². The summed E-state index contributed by atoms with van der Waals surface area (Å²) in [6.07, 6.45) is 2.61. The molecule has 1 aliphatic rings. The van der Waals surface area contributed by atoms with Crippen molar-refractivity contribution in [2.75, 3.05) is 26.0 Å². The zero-order chi connectivity index (χ0) is 22.0. The van der Waals surface area contributed by atoms with Crippen LogP contribution < -0.4 is 0 Å². The molecule has 0 N–H and O–H groups in total. The van der Waals surface area contributed by atoms with Crippen LogP contribution >= 0.6 is 11.8 Å². The molecule has 1 saturated heterocycles. The first-order valence-electron chi connectivity index (χ1n) is 10.00. The quantitative estimate of drug-likeness (QED) is 0.495. The van der Waals surface area contributed by atoms with Gasteiger partial charge < -0.3 is 9.64 Å². The maximum absolute atomic E-state index is 13.8. The second-order valence-corrected chi connectivity index (χ2v) is 8.48. The number of carbonyl (C=O) groups excluding carboxylic acids is 1. The number of amides is 1. The zero-order valence-electron chi connectivity index (χ0n) is 17.3. The Morgan fingerprint density at radius 3 is 2.68 bits per heavy atom. The number of nitrogens with zero attached hydrogens (tertiary/aromatic N) is 3. The van der Waals surface area contributed by atoms with Gasteiger partial charge in [0.15, 0.2) is 0 Å². The number of halogens is 2. The molecule has 0 aliphatic carbocycles. The van der Waals surface area contributed by atoms with Crippen LogP contribution in [0.3, 0.4) is 0 Å². The summed E-state index contributed by atoms with van der Waals surface area (Å²) >= 11 is 1.54. The minimum atomic E-state index is -0.328. The van der Waals surface area contributed by atoms with E-state index in [1.807, 2.05) is 11.1 Å². The van der Waals surface area contributed by atoms with E-state index in [1.54, 1.807) is 54.7 Å². The number of methoxy groups -OCH3 is 1. The lowest BCUT2D eigenvalue weighted by molar-refractivity contribution is -0.128. The summed E-state index contributed by atoms with van der Waals surface area (Å²) in [5.74, 6) is -0.148. The molecule has 2 heterocycles. The van der Waals surface area contributed by atoms with Crippen LogP contribution in [-0.2, 0) is 9.53 Å². The third-order valence-corrected chi connectivity index (χ3v) is 6.49. The van der Waals surface area contributed by atoms with Crippen LogP contribution in [0.2, 0.25) is 0 Å². The van der Waals surface area contributed by atoms with Crippen molar-refractivity contribution in [3.05, 3.63) is 71.4 Å². The maximum Gasteiger partial charge on any atom is 0.233 e. The average Bonchev–Trinajstić information content (AvgIpc) is 3.35. The molecule has 162 valence electrons. The first-order chi connectivity index (χ1) is 15.0. The highest BCUT2D eigenvalue weighted by molar-refractivity contribution is 8.00. The molecular formula is C23H23F2N3O2S. The Kier molecular flexibility index (Phi) is 6.38. The Hall–Kier alpha value is -2.71. The molecule has 1 amide bonds. The minimum Gasteiger partial charge on any atom is -0.385 e. The average molecular weight is 444 g/mol. The van der Waals surface area contributed by atoms with Crippen LogP contribution in [0.4, 0.5) is 8.78 Å². The van der Waals surface area contributed by atoms with Gasteiger partial charge in [-0.15, -0.1) is 11.8 Å². The predicted octanol–water partition coefficient (Wildman–Crippen LogP) is 4.74. The SMILES string of the molecule is COCCCN1C(=O)CSC1c1cn(-c2ccc(F)c(C)c2)nc1-c1ccc(F)cc1. The van der Waals surface area contributed by atoms with E-state index >= 15 is 0 Å². The van der Waals surface area contributed by atoms with Crippen LogP contribution in [0.15, 0.2) is 48.7 Å². The molecule has 0 radical (unpaired) electrons. The molecule has 1 aliphatic heterocycles. The van der Waals surface area contributed by atoms with Crippen LogP contribution in [0.5, 0.6) is 0 Å². The van der Waals surface area contributed by atoms with Crippen molar-refractivity contribution < 1.29 is 18.3 Å². The highest BCUT2D eigenvalue weighted by Gasteiger charge is 2.35. The maximum atomic E-state index is 13.8. The summed E-state index contributed by atoms with van der Waals surface area (Å²) in [5, 5.41) is 4.54. The fourth-order valence-corrected chi connectivity index (χ4v) is 4.86. The number of aromatic nitrogens is 2. The smallest absolute Gasteiger partial charge is 0.233 e. The van der Waals surface area contributed by atoms with Gasteiger partial charge in [-0.1, -0.05) is 0 Å². The van der Waals surface area contributed by atoms with E-state index in [0.717, 1.165) is 17.5 Å². The Morgan fingerprint density at radius 1 is 1.19 bits per heavy atom. The number of thioether (sulfide) groups is 1. The fraction of sp³-hybridized carbons (Fsp3) is 0.304. The van der Waals surface area contributed by atoms with E-state index in [2.05, 4.69) is 0 Å². The van der Waals surface area contributed by atoms with E-state index in [1.165, 1.54) is 18.2 Å². The molecule has 1 aromatic heterocycles. The van der Waals surface area contributed by atoms with Crippen LogP contribution in [-0.4, -0.2) is 46.6 Å². The van der Waals surface area contributed by atoms with Crippen molar-refractivity contribution in [3.63, 3.8) is 0 Å². The Bertz CT molecular complexity index is 1080. The Labute approximate surface area is 184 Å². The standard InChI is InChI=1S/C23H23F2N3O2S/c1-15-12-18(8-9-20(15)25)28-13-19(22(26-28)16-4-6-17(24)7-5-16)23-27(10-3-11-30-2)21(29)14-31-23/h4-9,12-13,23H,3,10-11,14H2,1-2H3. The molecule has 8 heteroatoms. The van der Waals surface area contributed by atoms with Gasteiger partial charge in [-0.25, -0.2) is 13.5 Å². The topological polar surface area (TPSA) is 47.4 Å². The van der Waals surface area contributed by atoms with Gasteiger partial charge in [-0.3, -0.25) is 4.79 Å². The second-order valence-electron chi connectivity index (χ2n) is 7.41. The third kappa shape index (κ3) is 4.50. The van der Waals surface area contributed by atoms with Crippen molar-refractivity contribution in [1.82, 2.24) is 14.7 Å². The van der Waals surface area contributed by atoms with E-state index < -0.39 is 0 Å². The molecule has 0 saturated carbocycles. The molecule has 0 bridgehead atoms. The van der Waals surface area contributed by atoms with Crippen molar-refractivity contribution >= 4 is 17.7 Å². The van der Waals surface area contributed by atoms with Gasteiger partial charge >= 0.3 is 0 Å². The first-order valence-corrected chi connectivity index (χ1v) is 11.0. The van der Waals surface area contributed by atoms with Crippen LogP contribution in [0.25, 0.3) is 16.9 Å². The number of ether oxygens (including phenoxy) is 1. The molecule has 2 aromatic carbocycles. The molecule has 31 heavy (non-hydrogen) atoms. The number of aryl methyl sites for hydroxylation is 1. The summed E-state index contributed by atoms with van der Waals surface area (Å²) in [4.78, 5) is 14.4. The number of hydrogen-bond acceptors (Lipinski definition) is 4. The lowest BCUT2D eigenvalue weighted by Crippen LogP contribution is -2.30. The monoisotopic (exact) mass is 443 g/mol. The molecule has 1 fully saturated rings. The zero-order valence-corrected chi connectivity index (χ0v) is 18.2. The number of hydrogen-bond donors (Lipinski definition) is 0. The highest BCUT2D eigenvalue weighted by Crippen LogP contribution is 2.42. The molecule has 4 rings (SSSR count). The van der Waals surface area contributed by atoms with Crippen molar-refractivity contribution in [2.24, 2.45) is 0 Å². The molecule has 5 nitrogen and oxygen atoms in total. The van der Waals surface area contributed by atoms with Gasteiger partial charge in [0.1, 0.15) is 17.0 Å². The number of carbonyl (C=O) groups is 1. The van der Waals surface area contributed by atoms with Gasteiger partial charge in [-0.2, -0.15) is 5.10 Å². The van der Waals surface area contributed by atoms with Gasteiger partial charge in [0, 0.05) is 37.6 Å². The number of rotatable bonds is 7. The van der Waals surface area contributed by atoms with Crippen LogP contribution in [0, 0.1) is 18.6 Å².